The van der Waals surface area contributed by atoms with Crippen LogP contribution in [0.5, 0.6) is 0 Å². The summed E-state index contributed by atoms with van der Waals surface area (Å²) in [6.45, 7) is 4.92. The van der Waals surface area contributed by atoms with Gasteiger partial charge in [-0.1, -0.05) is 333 Å². The van der Waals surface area contributed by atoms with Crippen LogP contribution in [0.3, 0.4) is 0 Å². The molecule has 0 radical (unpaired) electrons. The van der Waals surface area contributed by atoms with Gasteiger partial charge in [0, 0.05) is 12.8 Å². The summed E-state index contributed by atoms with van der Waals surface area (Å²) in [7, 11) is 0. The molecule has 0 aromatic heterocycles. The van der Waals surface area contributed by atoms with Crippen LogP contribution >= 0.6 is 0 Å². The van der Waals surface area contributed by atoms with Gasteiger partial charge in [0.1, 0.15) is 0 Å². The number of ether oxygens (including phenoxy) is 1. The minimum absolute atomic E-state index is 0.00403. The lowest BCUT2D eigenvalue weighted by molar-refractivity contribution is -0.143. The van der Waals surface area contributed by atoms with Gasteiger partial charge in [0.2, 0.25) is 5.91 Å². The minimum atomic E-state index is -0.849. The van der Waals surface area contributed by atoms with E-state index in [1.54, 1.807) is 6.08 Å². The largest absolute Gasteiger partial charge is 0.466 e. The normalized spacial score (nSPS) is 12.7. The summed E-state index contributed by atoms with van der Waals surface area (Å²) in [5.74, 6) is -0.0646. The van der Waals surface area contributed by atoms with Gasteiger partial charge in [0.25, 0.3) is 0 Å². The maximum atomic E-state index is 12.5. The number of nitrogens with one attached hydrogen (secondary N) is 1. The molecule has 3 N–H and O–H groups in total. The Morgan fingerprint density at radius 2 is 0.595 bits per heavy atom. The zero-order chi connectivity index (χ0) is 57.1. The van der Waals surface area contributed by atoms with Crippen molar-refractivity contribution < 1.29 is 24.5 Å². The number of hydrogen-bond donors (Lipinski definition) is 3. The Morgan fingerprint density at radius 1 is 0.342 bits per heavy atom. The molecule has 6 nitrogen and oxygen atoms in total. The minimum Gasteiger partial charge on any atom is -0.466 e. The van der Waals surface area contributed by atoms with E-state index in [-0.39, 0.29) is 18.5 Å². The quantitative estimate of drug-likeness (QED) is 0.0320. The Hall–Kier alpha value is -1.92. The molecule has 0 aromatic carbocycles. The maximum Gasteiger partial charge on any atom is 0.305 e. The summed E-state index contributed by atoms with van der Waals surface area (Å²) >= 11 is 0. The Morgan fingerprint density at radius 3 is 0.899 bits per heavy atom. The fourth-order valence-corrected chi connectivity index (χ4v) is 11.2. The van der Waals surface area contributed by atoms with Crippen molar-refractivity contribution in [2.75, 3.05) is 13.2 Å². The van der Waals surface area contributed by atoms with Crippen LogP contribution in [0, 0.1) is 0 Å². The molecule has 0 saturated carbocycles. The number of allylic oxidation sites excluding steroid dienone is 5. The van der Waals surface area contributed by atoms with Gasteiger partial charge >= 0.3 is 5.97 Å². The van der Waals surface area contributed by atoms with Gasteiger partial charge in [-0.3, -0.25) is 9.59 Å². The number of rotatable bonds is 67. The molecule has 466 valence electrons. The van der Waals surface area contributed by atoms with Crippen LogP contribution in [0.2, 0.25) is 0 Å². The molecule has 0 aliphatic rings. The van der Waals surface area contributed by atoms with Crippen molar-refractivity contribution in [1.29, 1.82) is 0 Å². The molecule has 0 saturated heterocycles. The zero-order valence-electron chi connectivity index (χ0n) is 53.4. The molecule has 1 amide bonds. The van der Waals surface area contributed by atoms with Crippen LogP contribution < -0.4 is 5.32 Å². The molecular weight excluding hydrogens is 971 g/mol. The SMILES string of the molecule is CCCCCCC/C=C\CCCCCCCC(=O)OCCCCCCCCCCCCCC/C=C\CCCCCCCCCCC(=O)NC(CO)C(O)/C=C/CCCCCCCCCCCCCCCCCCCCCCCC. The van der Waals surface area contributed by atoms with Gasteiger partial charge in [-0.25, -0.2) is 0 Å². The second kappa shape index (κ2) is 68.6. The fraction of sp³-hybridized carbons (Fsp3) is 0.890. The average molecular weight is 1110 g/mol. The lowest BCUT2D eigenvalue weighted by Crippen LogP contribution is -2.45. The van der Waals surface area contributed by atoms with Crippen molar-refractivity contribution in [3.05, 3.63) is 36.5 Å². The van der Waals surface area contributed by atoms with Crippen molar-refractivity contribution in [2.24, 2.45) is 0 Å². The second-order valence-corrected chi connectivity index (χ2v) is 24.6. The van der Waals surface area contributed by atoms with Crippen LogP contribution in [0.4, 0.5) is 0 Å². The van der Waals surface area contributed by atoms with Crippen LogP contribution in [0.25, 0.3) is 0 Å². The van der Waals surface area contributed by atoms with E-state index in [4.69, 9.17) is 4.74 Å². The highest BCUT2D eigenvalue weighted by atomic mass is 16.5. The summed E-state index contributed by atoms with van der Waals surface area (Å²) in [6, 6.07) is -0.633. The van der Waals surface area contributed by atoms with E-state index in [9.17, 15) is 19.8 Å². The van der Waals surface area contributed by atoms with Gasteiger partial charge < -0.3 is 20.3 Å². The lowest BCUT2D eigenvalue weighted by atomic mass is 10.0. The first kappa shape index (κ1) is 77.1. The van der Waals surface area contributed by atoms with Crippen LogP contribution in [-0.4, -0.2) is 47.4 Å². The Labute approximate surface area is 494 Å². The maximum absolute atomic E-state index is 12.5. The monoisotopic (exact) mass is 1110 g/mol. The van der Waals surface area contributed by atoms with Crippen molar-refractivity contribution in [2.45, 2.75) is 405 Å². The number of carbonyl (C=O) groups is 2. The molecule has 0 spiro atoms. The third kappa shape index (κ3) is 65.1. The van der Waals surface area contributed by atoms with Crippen LogP contribution in [0.15, 0.2) is 36.5 Å². The van der Waals surface area contributed by atoms with Gasteiger partial charge in [-0.05, 0) is 83.5 Å². The molecular formula is C73H139NO5. The first-order chi connectivity index (χ1) is 39.0. The number of carbonyl (C=O) groups excluding carboxylic acids is 2. The smallest absolute Gasteiger partial charge is 0.305 e. The third-order valence-electron chi connectivity index (χ3n) is 16.6. The van der Waals surface area contributed by atoms with Crippen molar-refractivity contribution in [3.8, 4) is 0 Å². The summed E-state index contributed by atoms with van der Waals surface area (Å²) in [4.78, 5) is 24.6. The molecule has 0 aliphatic heterocycles. The summed E-state index contributed by atoms with van der Waals surface area (Å²) in [6.07, 6.45) is 87.9. The van der Waals surface area contributed by atoms with E-state index in [1.807, 2.05) is 6.08 Å². The molecule has 2 unspecified atom stereocenters. The van der Waals surface area contributed by atoms with Gasteiger partial charge in [0.05, 0.1) is 25.4 Å². The number of aliphatic hydroxyl groups excluding tert-OH is 2. The van der Waals surface area contributed by atoms with Crippen LogP contribution in [0.1, 0.15) is 393 Å². The summed E-state index contributed by atoms with van der Waals surface area (Å²) < 4.78 is 5.48. The number of unbranched alkanes of at least 4 members (excludes halogenated alkanes) is 52. The second-order valence-electron chi connectivity index (χ2n) is 24.6. The van der Waals surface area contributed by atoms with E-state index in [0.717, 1.165) is 44.9 Å². The molecule has 0 bridgehead atoms. The Balaban J connectivity index is 3.43. The molecule has 0 heterocycles. The number of aliphatic hydroxyl groups is 2. The first-order valence-corrected chi connectivity index (χ1v) is 35.8. The molecule has 79 heavy (non-hydrogen) atoms. The molecule has 6 heteroatoms. The van der Waals surface area contributed by atoms with E-state index in [0.29, 0.717) is 19.4 Å². The van der Waals surface area contributed by atoms with Crippen molar-refractivity contribution in [3.63, 3.8) is 0 Å². The zero-order valence-corrected chi connectivity index (χ0v) is 53.4. The van der Waals surface area contributed by atoms with Crippen LogP contribution in [-0.2, 0) is 14.3 Å². The van der Waals surface area contributed by atoms with E-state index < -0.39 is 12.1 Å². The predicted octanol–water partition coefficient (Wildman–Crippen LogP) is 23.1. The Bertz CT molecular complexity index is 1280. The number of amides is 1. The molecule has 2 atom stereocenters. The third-order valence-corrected chi connectivity index (χ3v) is 16.6. The average Bonchev–Trinajstić information content (AvgIpc) is 3.45. The van der Waals surface area contributed by atoms with Crippen molar-refractivity contribution in [1.82, 2.24) is 5.32 Å². The highest BCUT2D eigenvalue weighted by Gasteiger charge is 2.18. The highest BCUT2D eigenvalue weighted by molar-refractivity contribution is 5.76. The molecule has 0 fully saturated rings. The topological polar surface area (TPSA) is 95.9 Å². The first-order valence-electron chi connectivity index (χ1n) is 35.8. The van der Waals surface area contributed by atoms with Crippen molar-refractivity contribution >= 4 is 11.9 Å². The number of esters is 1. The number of hydrogen-bond acceptors (Lipinski definition) is 5. The summed E-state index contributed by atoms with van der Waals surface area (Å²) in [5, 5.41) is 23.3. The standard InChI is InChI=1S/C73H139NO5/c1-3-5-7-9-11-13-15-17-19-20-21-22-23-26-29-32-35-38-41-45-49-53-57-61-65-71(76)70(69-75)74-72(77)66-62-58-54-50-46-42-39-36-33-30-27-24-25-28-31-34-37-40-44-48-52-56-60-64-68-79-73(78)67-63-59-55-51-47-43-18-16-14-12-10-8-6-4-2/h16,18,27,30,61,65,70-71,75-76H,3-15,17,19-26,28-29,31-60,62-64,66-69H2,1-2H3,(H,74,77)/b18-16-,30-27-,65-61+. The Kier molecular flexibility index (Phi) is 66.9. The van der Waals surface area contributed by atoms with E-state index in [1.165, 1.54) is 321 Å². The predicted molar refractivity (Wildman–Crippen MR) is 347 cm³/mol. The molecule has 0 rings (SSSR count). The molecule has 0 aromatic rings. The highest BCUT2D eigenvalue weighted by Crippen LogP contribution is 2.18. The van der Waals surface area contributed by atoms with Gasteiger partial charge in [-0.2, -0.15) is 0 Å². The van der Waals surface area contributed by atoms with Gasteiger partial charge in [0.15, 0.2) is 0 Å². The summed E-state index contributed by atoms with van der Waals surface area (Å²) in [5.41, 5.74) is 0. The fourth-order valence-electron chi connectivity index (χ4n) is 11.2. The molecule has 0 aliphatic carbocycles. The lowest BCUT2D eigenvalue weighted by Gasteiger charge is -2.20. The van der Waals surface area contributed by atoms with Gasteiger partial charge in [-0.15, -0.1) is 0 Å². The van der Waals surface area contributed by atoms with E-state index >= 15 is 0 Å². The van der Waals surface area contributed by atoms with E-state index in [2.05, 4.69) is 43.5 Å².